The molecular weight excluding hydrogens is 350 g/mol. The summed E-state index contributed by atoms with van der Waals surface area (Å²) in [5, 5.41) is 7.15. The number of benzene rings is 2. The maximum atomic E-state index is 12.1. The van der Waals surface area contributed by atoms with E-state index >= 15 is 0 Å². The summed E-state index contributed by atoms with van der Waals surface area (Å²) in [4.78, 5) is 25.4. The molecule has 0 radical (unpaired) electrons. The summed E-state index contributed by atoms with van der Waals surface area (Å²) in [5.74, 6) is 1.27. The number of rotatable bonds is 6. The van der Waals surface area contributed by atoms with Crippen molar-refractivity contribution in [1.82, 2.24) is 20.3 Å². The highest BCUT2D eigenvalue weighted by molar-refractivity contribution is 5.94. The fourth-order valence-electron chi connectivity index (χ4n) is 2.88. The van der Waals surface area contributed by atoms with Gasteiger partial charge in [-0.3, -0.25) is 9.78 Å². The lowest BCUT2D eigenvalue weighted by Crippen LogP contribution is -2.29. The smallest absolute Gasteiger partial charge is 0.252 e. The fourth-order valence-corrected chi connectivity index (χ4v) is 2.88. The van der Waals surface area contributed by atoms with Gasteiger partial charge < -0.3 is 10.6 Å². The van der Waals surface area contributed by atoms with Crippen molar-refractivity contribution in [1.29, 1.82) is 0 Å². The Morgan fingerprint density at radius 3 is 2.50 bits per heavy atom. The van der Waals surface area contributed by atoms with Gasteiger partial charge in [-0.2, -0.15) is 0 Å². The molecule has 0 aliphatic heterocycles. The number of nitrogens with zero attached hydrogens (tertiary/aromatic N) is 3. The van der Waals surface area contributed by atoms with Gasteiger partial charge in [-0.15, -0.1) is 0 Å². The van der Waals surface area contributed by atoms with Crippen LogP contribution in [0, 0.1) is 0 Å². The van der Waals surface area contributed by atoms with Crippen molar-refractivity contribution < 1.29 is 4.79 Å². The van der Waals surface area contributed by atoms with Crippen LogP contribution >= 0.6 is 0 Å². The zero-order chi connectivity index (χ0) is 19.2. The first-order valence-electron chi connectivity index (χ1n) is 9.05. The number of para-hydroxylation sites is 1. The van der Waals surface area contributed by atoms with Gasteiger partial charge in [0.05, 0.1) is 11.1 Å². The van der Waals surface area contributed by atoms with Gasteiger partial charge in [0, 0.05) is 36.4 Å². The number of nitrogens with one attached hydrogen (secondary N) is 2. The number of hydrogen-bond acceptors (Lipinski definition) is 5. The summed E-state index contributed by atoms with van der Waals surface area (Å²) in [6, 6.07) is 21.2. The molecule has 0 saturated heterocycles. The molecule has 0 unspecified atom stereocenters. The first-order chi connectivity index (χ1) is 13.8. The maximum absolute atomic E-state index is 12.1. The summed E-state index contributed by atoms with van der Waals surface area (Å²) in [6.45, 7) is 1.01. The number of pyridine rings is 1. The lowest BCUT2D eigenvalue weighted by atomic mass is 10.2. The molecule has 28 heavy (non-hydrogen) atoms. The van der Waals surface area contributed by atoms with E-state index in [1.165, 1.54) is 0 Å². The lowest BCUT2D eigenvalue weighted by molar-refractivity contribution is 0.0955. The third-order valence-corrected chi connectivity index (χ3v) is 4.26. The first kappa shape index (κ1) is 17.6. The predicted octanol–water partition coefficient (Wildman–Crippen LogP) is 3.53. The van der Waals surface area contributed by atoms with Crippen LogP contribution in [0.25, 0.3) is 22.3 Å². The van der Waals surface area contributed by atoms with Gasteiger partial charge in [0.15, 0.2) is 5.82 Å². The highest BCUT2D eigenvalue weighted by Crippen LogP contribution is 2.24. The van der Waals surface area contributed by atoms with Crippen LogP contribution < -0.4 is 10.6 Å². The van der Waals surface area contributed by atoms with Gasteiger partial charge in [-0.1, -0.05) is 42.5 Å². The van der Waals surface area contributed by atoms with Gasteiger partial charge >= 0.3 is 0 Å². The minimum absolute atomic E-state index is 0.146. The molecule has 6 nitrogen and oxygen atoms in total. The van der Waals surface area contributed by atoms with E-state index in [2.05, 4.69) is 20.6 Å². The van der Waals surface area contributed by atoms with Crippen LogP contribution in [0.1, 0.15) is 10.4 Å². The number of hydrogen-bond donors (Lipinski definition) is 2. The Hall–Kier alpha value is -3.80. The topological polar surface area (TPSA) is 79.8 Å². The number of amides is 1. The largest absolute Gasteiger partial charge is 0.368 e. The quantitative estimate of drug-likeness (QED) is 0.508. The molecular formula is C22H19N5O. The zero-order valence-corrected chi connectivity index (χ0v) is 15.2. The lowest BCUT2D eigenvalue weighted by Gasteiger charge is -2.11. The first-order valence-corrected chi connectivity index (χ1v) is 9.05. The van der Waals surface area contributed by atoms with Gasteiger partial charge in [0.25, 0.3) is 5.91 Å². The summed E-state index contributed by atoms with van der Waals surface area (Å²) in [6.07, 6.45) is 3.19. The van der Waals surface area contributed by atoms with Crippen molar-refractivity contribution in [3.05, 3.63) is 84.7 Å². The fraction of sp³-hybridized carbons (Fsp3) is 0.0909. The van der Waals surface area contributed by atoms with Crippen molar-refractivity contribution >= 4 is 22.6 Å². The molecule has 2 N–H and O–H groups in total. The minimum atomic E-state index is -0.146. The van der Waals surface area contributed by atoms with Gasteiger partial charge in [0.2, 0.25) is 0 Å². The number of fused-ring (bicyclic) bond motifs is 1. The van der Waals surface area contributed by atoms with Gasteiger partial charge in [-0.25, -0.2) is 9.97 Å². The Labute approximate surface area is 162 Å². The van der Waals surface area contributed by atoms with Crippen LogP contribution in [0.4, 0.5) is 5.82 Å². The van der Waals surface area contributed by atoms with Crippen molar-refractivity contribution in [3.8, 4) is 11.4 Å². The molecule has 4 aromatic rings. The summed E-state index contributed by atoms with van der Waals surface area (Å²) in [7, 11) is 0. The summed E-state index contributed by atoms with van der Waals surface area (Å²) < 4.78 is 0. The van der Waals surface area contributed by atoms with Crippen molar-refractivity contribution in [2.45, 2.75) is 0 Å². The normalized spacial score (nSPS) is 10.6. The molecule has 0 aliphatic rings. The average molecular weight is 369 g/mol. The van der Waals surface area contributed by atoms with Gasteiger partial charge in [-0.05, 0) is 24.3 Å². The SMILES string of the molecule is O=C(NCCNc1nc(-c2ccccc2)nc2ccccc12)c1cccnc1. The molecule has 2 aromatic heterocycles. The molecule has 138 valence electrons. The molecule has 2 heterocycles. The minimum Gasteiger partial charge on any atom is -0.368 e. The Kier molecular flexibility index (Phi) is 5.20. The second-order valence-corrected chi connectivity index (χ2v) is 6.20. The molecule has 1 amide bonds. The van der Waals surface area contributed by atoms with E-state index in [-0.39, 0.29) is 5.91 Å². The van der Waals surface area contributed by atoms with E-state index in [9.17, 15) is 4.79 Å². The van der Waals surface area contributed by atoms with Crippen LogP contribution in [-0.4, -0.2) is 33.9 Å². The molecule has 0 bridgehead atoms. The van der Waals surface area contributed by atoms with Crippen molar-refractivity contribution in [3.63, 3.8) is 0 Å². The molecule has 4 rings (SSSR count). The van der Waals surface area contributed by atoms with Crippen LogP contribution in [0.5, 0.6) is 0 Å². The zero-order valence-electron chi connectivity index (χ0n) is 15.2. The third kappa shape index (κ3) is 3.96. The molecule has 0 atom stereocenters. The van der Waals surface area contributed by atoms with Crippen LogP contribution in [-0.2, 0) is 0 Å². The van der Waals surface area contributed by atoms with E-state index in [4.69, 9.17) is 4.98 Å². The Balaban J connectivity index is 1.49. The molecule has 6 heteroatoms. The Morgan fingerprint density at radius 2 is 1.68 bits per heavy atom. The highest BCUT2D eigenvalue weighted by atomic mass is 16.1. The molecule has 2 aromatic carbocycles. The van der Waals surface area contributed by atoms with Gasteiger partial charge in [0.1, 0.15) is 5.82 Å². The number of aromatic nitrogens is 3. The van der Waals surface area contributed by atoms with Crippen molar-refractivity contribution in [2.24, 2.45) is 0 Å². The molecule has 0 saturated carbocycles. The second kappa shape index (κ2) is 8.26. The van der Waals surface area contributed by atoms with E-state index in [1.807, 2.05) is 54.6 Å². The molecule has 0 spiro atoms. The summed E-state index contributed by atoms with van der Waals surface area (Å²) >= 11 is 0. The van der Waals surface area contributed by atoms with Crippen molar-refractivity contribution in [2.75, 3.05) is 18.4 Å². The van der Waals surface area contributed by atoms with E-state index in [0.29, 0.717) is 24.5 Å². The van der Waals surface area contributed by atoms with E-state index in [0.717, 1.165) is 22.3 Å². The standard InChI is InChI=1S/C22H19N5O/c28-22(17-9-6-12-23-15-17)25-14-13-24-21-18-10-4-5-11-19(18)26-20(27-21)16-7-2-1-3-8-16/h1-12,15H,13-14H2,(H,25,28)(H,24,26,27). The Bertz CT molecular complexity index is 1080. The van der Waals surface area contributed by atoms with Crippen LogP contribution in [0.3, 0.4) is 0 Å². The van der Waals surface area contributed by atoms with Crippen LogP contribution in [0.2, 0.25) is 0 Å². The average Bonchev–Trinajstić information content (AvgIpc) is 2.77. The number of carbonyl (C=O) groups excluding carboxylic acids is 1. The maximum Gasteiger partial charge on any atom is 0.252 e. The van der Waals surface area contributed by atoms with E-state index in [1.54, 1.807) is 24.5 Å². The molecule has 0 fully saturated rings. The monoisotopic (exact) mass is 369 g/mol. The van der Waals surface area contributed by atoms with E-state index < -0.39 is 0 Å². The second-order valence-electron chi connectivity index (χ2n) is 6.20. The number of carbonyl (C=O) groups is 1. The highest BCUT2D eigenvalue weighted by Gasteiger charge is 2.09. The number of anilines is 1. The Morgan fingerprint density at radius 1 is 0.857 bits per heavy atom. The molecule has 0 aliphatic carbocycles. The predicted molar refractivity (Wildman–Crippen MR) is 110 cm³/mol. The summed E-state index contributed by atoms with van der Waals surface area (Å²) in [5.41, 5.74) is 2.38. The third-order valence-electron chi connectivity index (χ3n) is 4.26. The van der Waals surface area contributed by atoms with Crippen LogP contribution in [0.15, 0.2) is 79.1 Å².